The molecule has 1 aromatic carbocycles. The molecule has 2 N–H and O–H groups in total. The second kappa shape index (κ2) is 13.7. The van der Waals surface area contributed by atoms with E-state index in [2.05, 4.69) is 22.5 Å². The molecule has 2 aliphatic rings. The number of benzene rings is 1. The molecule has 1 saturated carbocycles. The van der Waals surface area contributed by atoms with Gasteiger partial charge in [0.05, 0.1) is 13.7 Å². The number of amides is 1. The lowest BCUT2D eigenvalue weighted by Crippen LogP contribution is -2.45. The Morgan fingerprint density at radius 2 is 1.97 bits per heavy atom. The van der Waals surface area contributed by atoms with E-state index in [0.717, 1.165) is 61.8 Å². The fourth-order valence-corrected chi connectivity index (χ4v) is 4.41. The van der Waals surface area contributed by atoms with Crippen molar-refractivity contribution in [3.63, 3.8) is 0 Å². The first kappa shape index (κ1) is 26.5. The zero-order valence-corrected chi connectivity index (χ0v) is 22.0. The summed E-state index contributed by atoms with van der Waals surface area (Å²) in [4.78, 5) is 19.2. The number of hydrogen-bond donors (Lipinski definition) is 2. The molecule has 180 valence electrons. The van der Waals surface area contributed by atoms with E-state index in [-0.39, 0.29) is 35.9 Å². The lowest BCUT2D eigenvalue weighted by molar-refractivity contribution is -0.135. The van der Waals surface area contributed by atoms with Crippen molar-refractivity contribution in [1.29, 1.82) is 0 Å². The quantitative estimate of drug-likeness (QED) is 0.287. The predicted octanol–water partition coefficient (Wildman–Crippen LogP) is 3.95. The van der Waals surface area contributed by atoms with Crippen molar-refractivity contribution >= 4 is 35.8 Å². The number of nitrogens with zero attached hydrogens (tertiary/aromatic N) is 2. The lowest BCUT2D eigenvalue weighted by Gasteiger charge is -2.26. The second-order valence-corrected chi connectivity index (χ2v) is 8.51. The molecule has 8 heteroatoms. The molecule has 1 saturated heterocycles. The topological polar surface area (TPSA) is 75.2 Å². The van der Waals surface area contributed by atoms with Crippen LogP contribution in [0.5, 0.6) is 11.5 Å². The van der Waals surface area contributed by atoms with Crippen LogP contribution in [0.3, 0.4) is 0 Å². The normalized spacial score (nSPS) is 19.3. The molecule has 32 heavy (non-hydrogen) atoms. The molecule has 2 fully saturated rings. The number of carbonyl (C=O) groups is 1. The summed E-state index contributed by atoms with van der Waals surface area (Å²) in [6.07, 6.45) is 7.69. The van der Waals surface area contributed by atoms with Crippen LogP contribution >= 0.6 is 24.0 Å². The summed E-state index contributed by atoms with van der Waals surface area (Å²) in [7, 11) is 3.43. The number of rotatable bonds is 8. The molecule has 0 radical (unpaired) electrons. The number of carbonyl (C=O) groups excluding carboxylic acids is 1. The molecule has 1 aromatic rings. The van der Waals surface area contributed by atoms with Crippen LogP contribution < -0.4 is 20.1 Å². The van der Waals surface area contributed by atoms with Gasteiger partial charge in [0.1, 0.15) is 0 Å². The Labute approximate surface area is 209 Å². The predicted molar refractivity (Wildman–Crippen MR) is 139 cm³/mol. The number of halogens is 1. The number of ether oxygens (including phenoxy) is 2. The summed E-state index contributed by atoms with van der Waals surface area (Å²) in [5.41, 5.74) is 1.09. The van der Waals surface area contributed by atoms with E-state index in [4.69, 9.17) is 9.47 Å². The Hall–Kier alpha value is -1.71. The Morgan fingerprint density at radius 1 is 1.19 bits per heavy atom. The third kappa shape index (κ3) is 7.42. The Kier molecular flexibility index (Phi) is 11.4. The van der Waals surface area contributed by atoms with Gasteiger partial charge in [0.2, 0.25) is 5.91 Å². The summed E-state index contributed by atoms with van der Waals surface area (Å²) < 4.78 is 11.2. The molecule has 0 bridgehead atoms. The Bertz CT molecular complexity index is 753. The van der Waals surface area contributed by atoms with Crippen molar-refractivity contribution in [3.05, 3.63) is 23.8 Å². The van der Waals surface area contributed by atoms with Gasteiger partial charge in [-0.15, -0.1) is 24.0 Å². The van der Waals surface area contributed by atoms with Gasteiger partial charge in [0.15, 0.2) is 17.5 Å². The van der Waals surface area contributed by atoms with Crippen LogP contribution in [0, 0.1) is 5.92 Å². The second-order valence-electron chi connectivity index (χ2n) is 8.51. The third-order valence-corrected chi connectivity index (χ3v) is 6.17. The van der Waals surface area contributed by atoms with Crippen molar-refractivity contribution in [2.45, 2.75) is 64.5 Å². The average molecular weight is 559 g/mol. The number of aliphatic imine (C=N–C) groups is 1. The molecule has 1 aliphatic carbocycles. The summed E-state index contributed by atoms with van der Waals surface area (Å²) in [6.45, 7) is 4.97. The minimum absolute atomic E-state index is 0. The minimum atomic E-state index is 0. The molecule has 7 nitrogen and oxygen atoms in total. The summed E-state index contributed by atoms with van der Waals surface area (Å²) in [6, 6.07) is 6.21. The first-order chi connectivity index (χ1) is 15.1. The molecule has 1 atom stereocenters. The van der Waals surface area contributed by atoms with Crippen molar-refractivity contribution in [3.8, 4) is 11.5 Å². The van der Waals surface area contributed by atoms with Crippen LogP contribution in [-0.2, 0) is 11.3 Å². The highest BCUT2D eigenvalue weighted by Gasteiger charge is 2.31. The maximum absolute atomic E-state index is 12.8. The molecular weight excluding hydrogens is 519 g/mol. The molecule has 0 aromatic heterocycles. The molecule has 1 aliphatic heterocycles. The van der Waals surface area contributed by atoms with Crippen molar-refractivity contribution in [2.24, 2.45) is 10.9 Å². The zero-order chi connectivity index (χ0) is 22.1. The molecule has 1 unspecified atom stereocenters. The molecule has 0 spiro atoms. The number of methoxy groups -OCH3 is 1. The minimum Gasteiger partial charge on any atom is -0.493 e. The zero-order valence-electron chi connectivity index (χ0n) is 19.7. The Morgan fingerprint density at radius 3 is 2.66 bits per heavy atom. The first-order valence-corrected chi connectivity index (χ1v) is 11.7. The van der Waals surface area contributed by atoms with E-state index in [0.29, 0.717) is 19.1 Å². The van der Waals surface area contributed by atoms with Crippen LogP contribution in [0.15, 0.2) is 23.2 Å². The number of nitrogens with one attached hydrogen (secondary N) is 2. The molecular formula is C24H39IN4O3. The summed E-state index contributed by atoms with van der Waals surface area (Å²) in [5, 5.41) is 6.85. The van der Waals surface area contributed by atoms with Crippen molar-refractivity contribution in [1.82, 2.24) is 15.5 Å². The van der Waals surface area contributed by atoms with E-state index >= 15 is 0 Å². The maximum Gasteiger partial charge on any atom is 0.225 e. The van der Waals surface area contributed by atoms with Crippen molar-refractivity contribution in [2.75, 3.05) is 33.9 Å². The molecule has 1 heterocycles. The van der Waals surface area contributed by atoms with E-state index in [9.17, 15) is 4.79 Å². The fraction of sp³-hybridized carbons (Fsp3) is 0.667. The number of likely N-dealkylation sites (tertiary alicyclic amines) is 1. The first-order valence-electron chi connectivity index (χ1n) is 11.7. The smallest absolute Gasteiger partial charge is 0.225 e. The van der Waals surface area contributed by atoms with Gasteiger partial charge in [0.25, 0.3) is 0 Å². The fourth-order valence-electron chi connectivity index (χ4n) is 4.41. The monoisotopic (exact) mass is 558 g/mol. The van der Waals surface area contributed by atoms with Crippen LogP contribution in [-0.4, -0.2) is 56.7 Å². The summed E-state index contributed by atoms with van der Waals surface area (Å²) in [5.74, 6) is 2.85. The van der Waals surface area contributed by atoms with E-state index in [1.54, 1.807) is 14.2 Å². The number of hydrogen-bond acceptors (Lipinski definition) is 4. The van der Waals surface area contributed by atoms with Gasteiger partial charge < -0.3 is 25.0 Å². The molecule has 1 amide bonds. The van der Waals surface area contributed by atoms with E-state index < -0.39 is 0 Å². The lowest BCUT2D eigenvalue weighted by atomic mass is 9.88. The summed E-state index contributed by atoms with van der Waals surface area (Å²) >= 11 is 0. The molecule has 3 rings (SSSR count). The largest absolute Gasteiger partial charge is 0.493 e. The average Bonchev–Trinajstić information content (AvgIpc) is 3.29. The van der Waals surface area contributed by atoms with Crippen LogP contribution in [0.1, 0.15) is 57.4 Å². The Balaban J connectivity index is 0.00000363. The van der Waals surface area contributed by atoms with Crippen LogP contribution in [0.2, 0.25) is 0 Å². The third-order valence-electron chi connectivity index (χ3n) is 6.17. The standard InChI is InChI=1S/C24H38N4O3.HI/c1-4-14-31-21-11-10-18(15-22(21)30-3)16-26-24(25-2)27-20-12-13-28(17-20)23(29)19-8-6-5-7-9-19;/h10-11,15,19-20H,4-9,12-14,16-17H2,1-3H3,(H2,25,26,27);1H. The maximum atomic E-state index is 12.8. The van der Waals surface area contributed by atoms with Crippen molar-refractivity contribution < 1.29 is 14.3 Å². The van der Waals surface area contributed by atoms with Crippen LogP contribution in [0.25, 0.3) is 0 Å². The van der Waals surface area contributed by atoms with E-state index in [1.165, 1.54) is 19.3 Å². The van der Waals surface area contributed by atoms with Gasteiger partial charge in [0, 0.05) is 38.6 Å². The SMILES string of the molecule is CCCOc1ccc(CNC(=NC)NC2CCN(C(=O)C3CCCCC3)C2)cc1OC.I. The highest BCUT2D eigenvalue weighted by atomic mass is 127. The van der Waals surface area contributed by atoms with Gasteiger partial charge in [-0.05, 0) is 43.4 Å². The van der Waals surface area contributed by atoms with Crippen LogP contribution in [0.4, 0.5) is 0 Å². The van der Waals surface area contributed by atoms with Gasteiger partial charge in [-0.1, -0.05) is 32.3 Å². The van der Waals surface area contributed by atoms with E-state index in [1.807, 2.05) is 23.1 Å². The van der Waals surface area contributed by atoms with Gasteiger partial charge >= 0.3 is 0 Å². The highest BCUT2D eigenvalue weighted by molar-refractivity contribution is 14.0. The van der Waals surface area contributed by atoms with Gasteiger partial charge in [-0.3, -0.25) is 9.79 Å². The number of guanidine groups is 1. The van der Waals surface area contributed by atoms with Gasteiger partial charge in [-0.2, -0.15) is 0 Å². The highest BCUT2D eigenvalue weighted by Crippen LogP contribution is 2.28. The van der Waals surface area contributed by atoms with Gasteiger partial charge in [-0.25, -0.2) is 0 Å².